The summed E-state index contributed by atoms with van der Waals surface area (Å²) in [7, 11) is -3.00. The van der Waals surface area contributed by atoms with Gasteiger partial charge in [-0.15, -0.1) is 0 Å². The second-order valence-corrected chi connectivity index (χ2v) is 6.64. The molecule has 1 heterocycles. The van der Waals surface area contributed by atoms with E-state index in [1.807, 2.05) is 0 Å². The minimum absolute atomic E-state index is 0.0194. The summed E-state index contributed by atoms with van der Waals surface area (Å²) in [5.41, 5.74) is 0.534. The minimum atomic E-state index is -3.00. The summed E-state index contributed by atoms with van der Waals surface area (Å²) < 4.78 is 22.5. The molecule has 1 aromatic carbocycles. The standard InChI is InChI=1S/C11H11ClO3S/c12-10-3-1-8(2-4-10)11(13)9-5-6-16(14,15)7-9/h1-4,9H,5-7H2. The number of carbonyl (C=O) groups excluding carboxylic acids is 1. The topological polar surface area (TPSA) is 51.2 Å². The number of Topliss-reactive ketones (excluding diaryl/α,β-unsaturated/α-hetero) is 1. The fraction of sp³-hybridized carbons (Fsp3) is 0.364. The predicted molar refractivity (Wildman–Crippen MR) is 62.5 cm³/mol. The van der Waals surface area contributed by atoms with E-state index in [-0.39, 0.29) is 23.2 Å². The number of hydrogen-bond acceptors (Lipinski definition) is 3. The van der Waals surface area contributed by atoms with Gasteiger partial charge in [-0.25, -0.2) is 8.42 Å². The Balaban J connectivity index is 2.18. The van der Waals surface area contributed by atoms with Crippen LogP contribution in [0.25, 0.3) is 0 Å². The normalized spacial score (nSPS) is 23.2. The van der Waals surface area contributed by atoms with Crippen LogP contribution < -0.4 is 0 Å². The predicted octanol–water partition coefficient (Wildman–Crippen LogP) is 1.96. The van der Waals surface area contributed by atoms with Crippen LogP contribution in [0.5, 0.6) is 0 Å². The maximum absolute atomic E-state index is 11.9. The third-order valence-corrected chi connectivity index (χ3v) is 4.75. The molecule has 1 fully saturated rings. The Morgan fingerprint density at radius 3 is 2.38 bits per heavy atom. The number of sulfone groups is 1. The Hall–Kier alpha value is -0.870. The van der Waals surface area contributed by atoms with Crippen molar-refractivity contribution in [3.8, 4) is 0 Å². The van der Waals surface area contributed by atoms with Gasteiger partial charge in [0, 0.05) is 16.5 Å². The molecule has 1 atom stereocenters. The van der Waals surface area contributed by atoms with E-state index in [4.69, 9.17) is 11.6 Å². The van der Waals surface area contributed by atoms with Gasteiger partial charge in [0.15, 0.2) is 15.6 Å². The van der Waals surface area contributed by atoms with Crippen molar-refractivity contribution in [2.45, 2.75) is 6.42 Å². The van der Waals surface area contributed by atoms with Crippen molar-refractivity contribution in [1.29, 1.82) is 0 Å². The molecule has 16 heavy (non-hydrogen) atoms. The fourth-order valence-electron chi connectivity index (χ4n) is 1.85. The molecule has 0 aliphatic carbocycles. The summed E-state index contributed by atoms with van der Waals surface area (Å²) in [5.74, 6) is -0.380. The van der Waals surface area contributed by atoms with E-state index in [0.29, 0.717) is 17.0 Å². The van der Waals surface area contributed by atoms with Crippen LogP contribution in [0.4, 0.5) is 0 Å². The van der Waals surface area contributed by atoms with Crippen molar-refractivity contribution in [3.05, 3.63) is 34.9 Å². The second-order valence-electron chi connectivity index (χ2n) is 3.97. The SMILES string of the molecule is O=C(c1ccc(Cl)cc1)C1CCS(=O)(=O)C1. The highest BCUT2D eigenvalue weighted by molar-refractivity contribution is 7.91. The van der Waals surface area contributed by atoms with Gasteiger partial charge in [-0.1, -0.05) is 11.6 Å². The molecule has 0 saturated carbocycles. The van der Waals surface area contributed by atoms with Gasteiger partial charge >= 0.3 is 0 Å². The summed E-state index contributed by atoms with van der Waals surface area (Å²) >= 11 is 5.71. The lowest BCUT2D eigenvalue weighted by atomic mass is 9.97. The first-order chi connectivity index (χ1) is 7.48. The van der Waals surface area contributed by atoms with Crippen molar-refractivity contribution in [2.24, 2.45) is 5.92 Å². The van der Waals surface area contributed by atoms with E-state index in [1.54, 1.807) is 24.3 Å². The van der Waals surface area contributed by atoms with Gasteiger partial charge in [-0.05, 0) is 30.7 Å². The molecule has 0 spiro atoms. The third-order valence-electron chi connectivity index (χ3n) is 2.73. The smallest absolute Gasteiger partial charge is 0.166 e. The van der Waals surface area contributed by atoms with Crippen LogP contribution >= 0.6 is 11.6 Å². The number of hydrogen-bond donors (Lipinski definition) is 0. The lowest BCUT2D eigenvalue weighted by molar-refractivity contribution is 0.0933. The van der Waals surface area contributed by atoms with Crippen LogP contribution in [0.3, 0.4) is 0 Å². The van der Waals surface area contributed by atoms with Gasteiger partial charge in [-0.3, -0.25) is 4.79 Å². The molecule has 0 aromatic heterocycles. The minimum Gasteiger partial charge on any atom is -0.294 e. The zero-order valence-corrected chi connectivity index (χ0v) is 10.1. The molecule has 1 unspecified atom stereocenters. The number of ketones is 1. The summed E-state index contributed by atoms with van der Waals surface area (Å²) in [6, 6.07) is 6.54. The molecule has 3 nitrogen and oxygen atoms in total. The largest absolute Gasteiger partial charge is 0.294 e. The number of rotatable bonds is 2. The van der Waals surface area contributed by atoms with Crippen LogP contribution in [0.2, 0.25) is 5.02 Å². The zero-order chi connectivity index (χ0) is 11.8. The number of halogens is 1. The fourth-order valence-corrected chi connectivity index (χ4v) is 3.72. The van der Waals surface area contributed by atoms with Crippen LogP contribution in [0.15, 0.2) is 24.3 Å². The Bertz CT molecular complexity index is 505. The average molecular weight is 259 g/mol. The Morgan fingerprint density at radius 1 is 1.25 bits per heavy atom. The molecule has 0 N–H and O–H groups in total. The summed E-state index contributed by atoms with van der Waals surface area (Å²) in [6.07, 6.45) is 0.434. The van der Waals surface area contributed by atoms with E-state index in [2.05, 4.69) is 0 Å². The van der Waals surface area contributed by atoms with Crippen LogP contribution in [0, 0.1) is 5.92 Å². The van der Waals surface area contributed by atoms with E-state index in [9.17, 15) is 13.2 Å². The Labute approximate surface area is 99.3 Å². The third kappa shape index (κ3) is 2.44. The first kappa shape index (κ1) is 11.6. The highest BCUT2D eigenvalue weighted by Crippen LogP contribution is 2.23. The molecule has 1 saturated heterocycles. The highest BCUT2D eigenvalue weighted by atomic mass is 35.5. The average Bonchev–Trinajstić information content (AvgIpc) is 2.59. The summed E-state index contributed by atoms with van der Waals surface area (Å²) in [4.78, 5) is 11.9. The van der Waals surface area contributed by atoms with Crippen molar-refractivity contribution in [3.63, 3.8) is 0 Å². The van der Waals surface area contributed by atoms with E-state index >= 15 is 0 Å². The lowest BCUT2D eigenvalue weighted by Crippen LogP contribution is -2.16. The van der Waals surface area contributed by atoms with Crippen molar-refractivity contribution < 1.29 is 13.2 Å². The first-order valence-corrected chi connectivity index (χ1v) is 7.18. The van der Waals surface area contributed by atoms with Crippen LogP contribution in [0.1, 0.15) is 16.8 Å². The molecule has 0 bridgehead atoms. The summed E-state index contributed by atoms with van der Waals surface area (Å²) in [5, 5.41) is 0.565. The van der Waals surface area contributed by atoms with Gasteiger partial charge in [-0.2, -0.15) is 0 Å². The van der Waals surface area contributed by atoms with Gasteiger partial charge in [0.2, 0.25) is 0 Å². The molecule has 1 aromatic rings. The van der Waals surface area contributed by atoms with Gasteiger partial charge < -0.3 is 0 Å². The molecule has 1 aliphatic rings. The molecule has 5 heteroatoms. The van der Waals surface area contributed by atoms with Crippen molar-refractivity contribution >= 4 is 27.2 Å². The molecular weight excluding hydrogens is 248 g/mol. The van der Waals surface area contributed by atoms with Gasteiger partial charge in [0.25, 0.3) is 0 Å². The second kappa shape index (κ2) is 4.18. The van der Waals surface area contributed by atoms with Crippen molar-refractivity contribution in [1.82, 2.24) is 0 Å². The maximum atomic E-state index is 11.9. The molecule has 0 amide bonds. The van der Waals surface area contributed by atoms with E-state index < -0.39 is 9.84 Å². The van der Waals surface area contributed by atoms with E-state index in [0.717, 1.165) is 0 Å². The van der Waals surface area contributed by atoms with Crippen LogP contribution in [-0.4, -0.2) is 25.7 Å². The number of benzene rings is 1. The first-order valence-electron chi connectivity index (χ1n) is 4.98. The van der Waals surface area contributed by atoms with Gasteiger partial charge in [0.05, 0.1) is 11.5 Å². The summed E-state index contributed by atoms with van der Waals surface area (Å²) in [6.45, 7) is 0. The Morgan fingerprint density at radius 2 is 1.88 bits per heavy atom. The van der Waals surface area contributed by atoms with Crippen LogP contribution in [-0.2, 0) is 9.84 Å². The zero-order valence-electron chi connectivity index (χ0n) is 8.52. The van der Waals surface area contributed by atoms with E-state index in [1.165, 1.54) is 0 Å². The maximum Gasteiger partial charge on any atom is 0.166 e. The monoisotopic (exact) mass is 258 g/mol. The number of carbonyl (C=O) groups is 1. The highest BCUT2D eigenvalue weighted by Gasteiger charge is 2.33. The molecule has 1 aliphatic heterocycles. The molecule has 2 rings (SSSR count). The molecular formula is C11H11ClO3S. The van der Waals surface area contributed by atoms with Gasteiger partial charge in [0.1, 0.15) is 0 Å². The van der Waals surface area contributed by atoms with Crippen molar-refractivity contribution in [2.75, 3.05) is 11.5 Å². The Kier molecular flexibility index (Phi) is 3.04. The molecule has 86 valence electrons. The quantitative estimate of drug-likeness (QED) is 0.762. The lowest BCUT2D eigenvalue weighted by Gasteiger charge is -2.06. The molecule has 0 radical (unpaired) electrons.